The Balaban J connectivity index is 2.09. The van der Waals surface area contributed by atoms with Crippen LogP contribution < -0.4 is 5.43 Å². The van der Waals surface area contributed by atoms with Crippen LogP contribution >= 0.6 is 0 Å². The van der Waals surface area contributed by atoms with Crippen LogP contribution in [0.3, 0.4) is 0 Å². The molecular weight excluding hydrogens is 80.0 g/mol. The first-order chi connectivity index (χ1) is 2.97. The third-order valence-electron chi connectivity index (χ3n) is 1.10. The van der Waals surface area contributed by atoms with Gasteiger partial charge in [-0.1, -0.05) is 0 Å². The topological polar surface area (TPSA) is 34.2 Å². The summed E-state index contributed by atoms with van der Waals surface area (Å²) in [5, 5.41) is 2.06. The highest BCUT2D eigenvalue weighted by Gasteiger charge is 2.38. The van der Waals surface area contributed by atoms with Gasteiger partial charge in [-0.3, -0.25) is 0 Å². The van der Waals surface area contributed by atoms with Gasteiger partial charge in [-0.15, -0.1) is 0 Å². The number of nitrogens with zero attached hydrogens (tertiary/aromatic N) is 1. The van der Waals surface area contributed by atoms with Crippen molar-refractivity contribution in [3.8, 4) is 0 Å². The summed E-state index contributed by atoms with van der Waals surface area (Å²) in [6, 6.07) is 0. The van der Waals surface area contributed by atoms with Crippen LogP contribution in [0.25, 0.3) is 0 Å². The summed E-state index contributed by atoms with van der Waals surface area (Å²) in [5.41, 5.74) is 2.98. The van der Waals surface area contributed by atoms with Gasteiger partial charge < -0.3 is 4.74 Å². The summed E-state index contributed by atoms with van der Waals surface area (Å²) < 4.78 is 5.04. The molecule has 2 unspecified atom stereocenters. The number of hydrazine groups is 1. The Labute approximate surface area is 35.9 Å². The molecular formula is C3H6N2O. The fourth-order valence-electron chi connectivity index (χ4n) is 0.680. The van der Waals surface area contributed by atoms with Crippen LogP contribution in [0.5, 0.6) is 0 Å². The van der Waals surface area contributed by atoms with Gasteiger partial charge in [0.25, 0.3) is 0 Å². The highest BCUT2D eigenvalue weighted by atomic mass is 16.6. The molecule has 1 N–H and O–H groups in total. The molecule has 0 radical (unpaired) electrons. The van der Waals surface area contributed by atoms with Gasteiger partial charge in [0, 0.05) is 6.54 Å². The summed E-state index contributed by atoms with van der Waals surface area (Å²) in [4.78, 5) is 0. The molecule has 2 fully saturated rings. The molecule has 0 aromatic heterocycles. The van der Waals surface area contributed by atoms with E-state index in [2.05, 4.69) is 10.4 Å². The zero-order chi connectivity index (χ0) is 3.98. The van der Waals surface area contributed by atoms with Crippen molar-refractivity contribution in [1.82, 2.24) is 10.4 Å². The Morgan fingerprint density at radius 1 is 1.83 bits per heavy atom. The van der Waals surface area contributed by atoms with Gasteiger partial charge in [0.1, 0.15) is 0 Å². The Morgan fingerprint density at radius 2 is 2.83 bits per heavy atom. The van der Waals surface area contributed by atoms with Gasteiger partial charge in [-0.05, 0) is 0 Å². The second-order valence-electron chi connectivity index (χ2n) is 1.55. The predicted molar refractivity (Wildman–Crippen MR) is 19.6 cm³/mol. The largest absolute Gasteiger partial charge is 0.346 e. The van der Waals surface area contributed by atoms with Gasteiger partial charge in [-0.25, -0.2) is 5.43 Å². The molecule has 2 atom stereocenters. The number of nitrogens with one attached hydrogen (secondary N) is 1. The van der Waals surface area contributed by atoms with Crippen molar-refractivity contribution in [3.63, 3.8) is 0 Å². The standard InChI is InChI=1S/C3H6N2O/c1-2-6-3-4-5(1)3/h3-4H,1-2H2. The van der Waals surface area contributed by atoms with Crippen molar-refractivity contribution < 1.29 is 4.74 Å². The molecule has 0 amide bonds. The molecule has 6 heavy (non-hydrogen) atoms. The molecule has 3 nitrogen and oxygen atoms in total. The van der Waals surface area contributed by atoms with E-state index < -0.39 is 0 Å². The average molecular weight is 86.1 g/mol. The predicted octanol–water partition coefficient (Wildman–Crippen LogP) is -0.880. The molecule has 3 heteroatoms. The first kappa shape index (κ1) is 2.96. The summed E-state index contributed by atoms with van der Waals surface area (Å²) in [6.45, 7) is 1.96. The van der Waals surface area contributed by atoms with Crippen molar-refractivity contribution in [1.29, 1.82) is 0 Å². The quantitative estimate of drug-likeness (QED) is 0.389. The SMILES string of the molecule is C1CN2NC2O1. The first-order valence-electron chi connectivity index (χ1n) is 2.11. The van der Waals surface area contributed by atoms with Gasteiger partial charge >= 0.3 is 0 Å². The van der Waals surface area contributed by atoms with Crippen molar-refractivity contribution in [2.75, 3.05) is 13.2 Å². The summed E-state index contributed by atoms with van der Waals surface area (Å²) in [6.07, 6.45) is 0.296. The lowest BCUT2D eigenvalue weighted by Gasteiger charge is -1.84. The Hall–Kier alpha value is -0.120. The molecule has 0 aromatic carbocycles. The van der Waals surface area contributed by atoms with E-state index in [0.29, 0.717) is 6.35 Å². The fourth-order valence-corrected chi connectivity index (χ4v) is 0.680. The zero-order valence-electron chi connectivity index (χ0n) is 3.35. The Bertz CT molecular complexity index is 67.2. The maximum atomic E-state index is 5.04. The minimum atomic E-state index is 0.296. The fraction of sp³-hybridized carbons (Fsp3) is 1.00. The van der Waals surface area contributed by atoms with Crippen LogP contribution in [0.4, 0.5) is 0 Å². The van der Waals surface area contributed by atoms with Crippen molar-refractivity contribution >= 4 is 0 Å². The van der Waals surface area contributed by atoms with Gasteiger partial charge in [0.2, 0.25) is 0 Å². The van der Waals surface area contributed by atoms with Crippen LogP contribution in [-0.2, 0) is 4.74 Å². The lowest BCUT2D eigenvalue weighted by Crippen LogP contribution is -2.04. The lowest BCUT2D eigenvalue weighted by atomic mass is 10.7. The van der Waals surface area contributed by atoms with E-state index in [1.54, 1.807) is 0 Å². The summed E-state index contributed by atoms with van der Waals surface area (Å²) >= 11 is 0. The Morgan fingerprint density at radius 3 is 3.00 bits per heavy atom. The minimum Gasteiger partial charge on any atom is -0.346 e. The molecule has 2 saturated heterocycles. The van der Waals surface area contributed by atoms with Crippen LogP contribution in [0.15, 0.2) is 0 Å². The third-order valence-corrected chi connectivity index (χ3v) is 1.10. The summed E-state index contributed by atoms with van der Waals surface area (Å²) in [7, 11) is 0. The van der Waals surface area contributed by atoms with Crippen LogP contribution in [0, 0.1) is 0 Å². The van der Waals surface area contributed by atoms with Crippen LogP contribution in [-0.4, -0.2) is 24.5 Å². The highest BCUT2D eigenvalue weighted by molar-refractivity contribution is 4.73. The lowest BCUT2D eigenvalue weighted by molar-refractivity contribution is 0.149. The maximum Gasteiger partial charge on any atom is 0.191 e. The second kappa shape index (κ2) is 0.753. The van der Waals surface area contributed by atoms with Gasteiger partial charge in [-0.2, -0.15) is 5.01 Å². The van der Waals surface area contributed by atoms with Crippen molar-refractivity contribution in [2.24, 2.45) is 0 Å². The molecule has 2 aliphatic rings. The van der Waals surface area contributed by atoms with E-state index in [4.69, 9.17) is 4.74 Å². The number of hydrogen-bond donors (Lipinski definition) is 1. The normalized spacial score (nSPS) is 52.0. The monoisotopic (exact) mass is 86.0 g/mol. The highest BCUT2D eigenvalue weighted by Crippen LogP contribution is 2.15. The molecule has 0 aliphatic carbocycles. The molecule has 0 saturated carbocycles. The molecule has 0 aromatic rings. The van der Waals surface area contributed by atoms with Gasteiger partial charge in [0.15, 0.2) is 6.35 Å². The van der Waals surface area contributed by atoms with E-state index in [1.165, 1.54) is 0 Å². The van der Waals surface area contributed by atoms with E-state index in [0.717, 1.165) is 13.2 Å². The Kier molecular flexibility index (Phi) is 0.371. The molecule has 0 spiro atoms. The van der Waals surface area contributed by atoms with Crippen LogP contribution in [0.1, 0.15) is 0 Å². The third kappa shape index (κ3) is 0.228. The second-order valence-corrected chi connectivity index (χ2v) is 1.55. The number of hydrogen-bond acceptors (Lipinski definition) is 3. The average Bonchev–Trinajstić information content (AvgIpc) is 2.17. The van der Waals surface area contributed by atoms with E-state index in [9.17, 15) is 0 Å². The smallest absolute Gasteiger partial charge is 0.191 e. The van der Waals surface area contributed by atoms with E-state index in [1.807, 2.05) is 0 Å². The molecule has 2 heterocycles. The molecule has 0 bridgehead atoms. The molecule has 2 aliphatic heterocycles. The van der Waals surface area contributed by atoms with Gasteiger partial charge in [0.05, 0.1) is 6.61 Å². The summed E-state index contributed by atoms with van der Waals surface area (Å²) in [5.74, 6) is 0. The number of fused-ring (bicyclic) bond motifs is 1. The zero-order valence-corrected chi connectivity index (χ0v) is 3.35. The number of rotatable bonds is 0. The molecule has 34 valence electrons. The van der Waals surface area contributed by atoms with Crippen molar-refractivity contribution in [3.05, 3.63) is 0 Å². The van der Waals surface area contributed by atoms with Crippen LogP contribution in [0.2, 0.25) is 0 Å². The van der Waals surface area contributed by atoms with E-state index >= 15 is 0 Å². The first-order valence-corrected chi connectivity index (χ1v) is 2.11. The number of ether oxygens (including phenoxy) is 1. The minimum absolute atomic E-state index is 0.296. The maximum absolute atomic E-state index is 5.04. The van der Waals surface area contributed by atoms with Crippen molar-refractivity contribution in [2.45, 2.75) is 6.35 Å². The molecule has 2 rings (SSSR count). The van der Waals surface area contributed by atoms with E-state index in [-0.39, 0.29) is 0 Å².